The van der Waals surface area contributed by atoms with Crippen molar-refractivity contribution in [2.24, 2.45) is 5.73 Å². The van der Waals surface area contributed by atoms with E-state index in [0.29, 0.717) is 17.1 Å². The van der Waals surface area contributed by atoms with Crippen LogP contribution >= 0.6 is 0 Å². The molecule has 2 rings (SSSR count). The number of hydrogen-bond acceptors (Lipinski definition) is 3. The lowest BCUT2D eigenvalue weighted by atomic mass is 10.1. The maximum absolute atomic E-state index is 10.6. The minimum absolute atomic E-state index is 0.511. The van der Waals surface area contributed by atoms with Gasteiger partial charge in [0.25, 0.3) is 0 Å². The topological polar surface area (TPSA) is 80.0 Å². The van der Waals surface area contributed by atoms with Gasteiger partial charge in [-0.1, -0.05) is 12.1 Å². The van der Waals surface area contributed by atoms with Gasteiger partial charge in [-0.3, -0.25) is 4.79 Å². The second-order valence-electron chi connectivity index (χ2n) is 3.60. The number of rotatable bonds is 3. The standard InChI is InChI=1S/C14H10N2O2/c15-9-10-3-1-2-4-12(10)13-7-5-11(18-13)6-8-14(16)17/h1-8H,(H2,16,17)/b8-6+. The Kier molecular flexibility index (Phi) is 3.26. The summed E-state index contributed by atoms with van der Waals surface area (Å²) in [5.41, 5.74) is 6.25. The van der Waals surface area contributed by atoms with Gasteiger partial charge in [0.15, 0.2) is 0 Å². The summed E-state index contributed by atoms with van der Waals surface area (Å²) in [6.45, 7) is 0. The number of furan rings is 1. The smallest absolute Gasteiger partial charge is 0.241 e. The molecule has 0 saturated heterocycles. The van der Waals surface area contributed by atoms with Crippen LogP contribution in [-0.4, -0.2) is 5.91 Å². The summed E-state index contributed by atoms with van der Waals surface area (Å²) in [5.74, 6) is 0.554. The molecule has 18 heavy (non-hydrogen) atoms. The highest BCUT2D eigenvalue weighted by molar-refractivity contribution is 5.89. The minimum Gasteiger partial charge on any atom is -0.457 e. The van der Waals surface area contributed by atoms with Gasteiger partial charge in [0, 0.05) is 11.6 Å². The maximum atomic E-state index is 10.6. The first-order valence-electron chi connectivity index (χ1n) is 5.27. The highest BCUT2D eigenvalue weighted by Gasteiger charge is 2.07. The Morgan fingerprint density at radius 1 is 1.28 bits per heavy atom. The van der Waals surface area contributed by atoms with Crippen LogP contribution in [0.4, 0.5) is 0 Å². The Bertz CT molecular complexity index is 648. The average molecular weight is 238 g/mol. The molecule has 2 N–H and O–H groups in total. The monoisotopic (exact) mass is 238 g/mol. The number of primary amides is 1. The fourth-order valence-corrected chi connectivity index (χ4v) is 1.55. The van der Waals surface area contributed by atoms with Crippen molar-refractivity contribution in [1.82, 2.24) is 0 Å². The van der Waals surface area contributed by atoms with Gasteiger partial charge in [0.2, 0.25) is 5.91 Å². The van der Waals surface area contributed by atoms with Crippen molar-refractivity contribution in [3.63, 3.8) is 0 Å². The van der Waals surface area contributed by atoms with E-state index in [2.05, 4.69) is 6.07 Å². The molecular formula is C14H10N2O2. The summed E-state index contributed by atoms with van der Waals surface area (Å²) in [4.78, 5) is 10.6. The summed E-state index contributed by atoms with van der Waals surface area (Å²) in [7, 11) is 0. The third-order valence-corrected chi connectivity index (χ3v) is 2.35. The molecule has 2 aromatic rings. The summed E-state index contributed by atoms with van der Waals surface area (Å²) in [6.07, 6.45) is 2.71. The molecule has 1 aromatic carbocycles. The molecule has 0 bridgehead atoms. The summed E-state index contributed by atoms with van der Waals surface area (Å²) in [6, 6.07) is 12.7. The number of hydrogen-bond donors (Lipinski definition) is 1. The van der Waals surface area contributed by atoms with Gasteiger partial charge in [-0.2, -0.15) is 5.26 Å². The molecule has 88 valence electrons. The van der Waals surface area contributed by atoms with Crippen LogP contribution in [0.5, 0.6) is 0 Å². The Labute approximate surface area is 104 Å². The van der Waals surface area contributed by atoms with E-state index in [1.807, 2.05) is 6.07 Å². The second kappa shape index (κ2) is 5.02. The first-order chi connectivity index (χ1) is 8.70. The predicted molar refractivity (Wildman–Crippen MR) is 67.1 cm³/mol. The van der Waals surface area contributed by atoms with Crippen molar-refractivity contribution >= 4 is 12.0 Å². The Morgan fingerprint density at radius 3 is 2.78 bits per heavy atom. The SMILES string of the molecule is N#Cc1ccccc1-c1ccc(/C=C/C(N)=O)o1. The zero-order valence-electron chi connectivity index (χ0n) is 9.46. The van der Waals surface area contributed by atoms with E-state index in [-0.39, 0.29) is 0 Å². The van der Waals surface area contributed by atoms with E-state index in [1.54, 1.807) is 30.3 Å². The van der Waals surface area contributed by atoms with Gasteiger partial charge >= 0.3 is 0 Å². The van der Waals surface area contributed by atoms with Crippen LogP contribution in [0.15, 0.2) is 46.9 Å². The molecule has 0 aliphatic carbocycles. The van der Waals surface area contributed by atoms with Gasteiger partial charge < -0.3 is 10.2 Å². The molecule has 1 amide bonds. The largest absolute Gasteiger partial charge is 0.457 e. The second-order valence-corrected chi connectivity index (χ2v) is 3.60. The molecule has 0 aliphatic rings. The fraction of sp³-hybridized carbons (Fsp3) is 0. The first-order valence-corrected chi connectivity index (χ1v) is 5.27. The fourth-order valence-electron chi connectivity index (χ4n) is 1.55. The molecule has 0 radical (unpaired) electrons. The zero-order valence-corrected chi connectivity index (χ0v) is 9.46. The lowest BCUT2D eigenvalue weighted by Crippen LogP contribution is -2.04. The molecule has 0 fully saturated rings. The quantitative estimate of drug-likeness (QED) is 0.833. The Balaban J connectivity index is 2.36. The third kappa shape index (κ3) is 2.47. The summed E-state index contributed by atoms with van der Waals surface area (Å²) in [5, 5.41) is 9.00. The van der Waals surface area contributed by atoms with Crippen LogP contribution in [0.25, 0.3) is 17.4 Å². The zero-order chi connectivity index (χ0) is 13.0. The van der Waals surface area contributed by atoms with Gasteiger partial charge in [-0.15, -0.1) is 0 Å². The Morgan fingerprint density at radius 2 is 2.06 bits per heavy atom. The van der Waals surface area contributed by atoms with Crippen LogP contribution in [0.1, 0.15) is 11.3 Å². The summed E-state index contributed by atoms with van der Waals surface area (Å²) < 4.78 is 5.52. The average Bonchev–Trinajstić information content (AvgIpc) is 2.85. The van der Waals surface area contributed by atoms with Crippen molar-refractivity contribution in [2.75, 3.05) is 0 Å². The van der Waals surface area contributed by atoms with Crippen LogP contribution in [0.2, 0.25) is 0 Å². The van der Waals surface area contributed by atoms with Crippen LogP contribution in [0.3, 0.4) is 0 Å². The van der Waals surface area contributed by atoms with Crippen LogP contribution in [-0.2, 0) is 4.79 Å². The molecule has 0 saturated carbocycles. The number of nitriles is 1. The van der Waals surface area contributed by atoms with Crippen molar-refractivity contribution in [3.8, 4) is 17.4 Å². The minimum atomic E-state index is -0.537. The van der Waals surface area contributed by atoms with Crippen molar-refractivity contribution in [1.29, 1.82) is 5.26 Å². The number of carbonyl (C=O) groups excluding carboxylic acids is 1. The molecular weight excluding hydrogens is 228 g/mol. The number of amides is 1. The van der Waals surface area contributed by atoms with Crippen molar-refractivity contribution in [2.45, 2.75) is 0 Å². The molecule has 0 aliphatic heterocycles. The predicted octanol–water partition coefficient (Wildman–Crippen LogP) is 2.32. The lowest BCUT2D eigenvalue weighted by Gasteiger charge is -1.98. The molecule has 4 nitrogen and oxygen atoms in total. The van der Waals surface area contributed by atoms with E-state index in [1.165, 1.54) is 12.2 Å². The molecule has 0 spiro atoms. The highest BCUT2D eigenvalue weighted by Crippen LogP contribution is 2.25. The molecule has 1 aromatic heterocycles. The number of carbonyl (C=O) groups is 1. The highest BCUT2D eigenvalue weighted by atomic mass is 16.3. The molecule has 1 heterocycles. The van der Waals surface area contributed by atoms with Crippen LogP contribution in [0, 0.1) is 11.3 Å². The molecule has 0 unspecified atom stereocenters. The van der Waals surface area contributed by atoms with Gasteiger partial charge in [0.1, 0.15) is 11.5 Å². The van der Waals surface area contributed by atoms with Gasteiger partial charge in [-0.25, -0.2) is 0 Å². The molecule has 4 heteroatoms. The first kappa shape index (κ1) is 11.7. The van der Waals surface area contributed by atoms with E-state index in [0.717, 1.165) is 5.56 Å². The normalized spacial score (nSPS) is 10.4. The summed E-state index contributed by atoms with van der Waals surface area (Å²) >= 11 is 0. The third-order valence-electron chi connectivity index (χ3n) is 2.35. The van der Waals surface area contributed by atoms with E-state index >= 15 is 0 Å². The maximum Gasteiger partial charge on any atom is 0.241 e. The molecule has 0 atom stereocenters. The van der Waals surface area contributed by atoms with Crippen LogP contribution < -0.4 is 5.73 Å². The number of nitrogens with zero attached hydrogens (tertiary/aromatic N) is 1. The number of nitrogens with two attached hydrogens (primary N) is 1. The van der Waals surface area contributed by atoms with Gasteiger partial charge in [0.05, 0.1) is 11.6 Å². The Hall–Kier alpha value is -2.80. The van der Waals surface area contributed by atoms with Crippen molar-refractivity contribution < 1.29 is 9.21 Å². The lowest BCUT2D eigenvalue weighted by molar-refractivity contribution is -0.113. The van der Waals surface area contributed by atoms with E-state index < -0.39 is 5.91 Å². The van der Waals surface area contributed by atoms with Crippen molar-refractivity contribution in [3.05, 3.63) is 53.8 Å². The van der Waals surface area contributed by atoms with Gasteiger partial charge in [-0.05, 0) is 30.3 Å². The van der Waals surface area contributed by atoms with E-state index in [9.17, 15) is 4.79 Å². The van der Waals surface area contributed by atoms with E-state index in [4.69, 9.17) is 15.4 Å². The number of benzene rings is 1.